The van der Waals surface area contributed by atoms with Crippen molar-refractivity contribution in [3.8, 4) is 0 Å². The van der Waals surface area contributed by atoms with Crippen LogP contribution in [0.25, 0.3) is 10.9 Å². The smallest absolute Gasteiger partial charge is 0.220 e. The number of carbonyl (C=O) groups is 1. The predicted octanol–water partition coefficient (Wildman–Crippen LogP) is 2.69. The van der Waals surface area contributed by atoms with E-state index in [2.05, 4.69) is 16.4 Å². The number of nitrogens with zero attached hydrogens (tertiary/aromatic N) is 1. The summed E-state index contributed by atoms with van der Waals surface area (Å²) in [6.45, 7) is 2.80. The first-order chi connectivity index (χ1) is 8.79. The zero-order valence-electron chi connectivity index (χ0n) is 10.6. The third-order valence-electron chi connectivity index (χ3n) is 2.84. The summed E-state index contributed by atoms with van der Waals surface area (Å²) in [5.41, 5.74) is 1.96. The molecule has 1 aromatic heterocycles. The van der Waals surface area contributed by atoms with Crippen molar-refractivity contribution in [2.45, 2.75) is 26.2 Å². The van der Waals surface area contributed by atoms with Gasteiger partial charge in [0.05, 0.1) is 5.52 Å². The van der Waals surface area contributed by atoms with Gasteiger partial charge in [-0.15, -0.1) is 0 Å². The average molecular weight is 242 g/mol. The number of hydrogen-bond acceptors (Lipinski definition) is 2. The van der Waals surface area contributed by atoms with Gasteiger partial charge in [0.2, 0.25) is 5.91 Å². The van der Waals surface area contributed by atoms with Gasteiger partial charge in [0.25, 0.3) is 0 Å². The largest absolute Gasteiger partial charge is 0.356 e. The SMILES string of the molecule is CCCNC(=O)CCc1ccc2ccccc2n1. The number of pyridine rings is 1. The van der Waals surface area contributed by atoms with Gasteiger partial charge in [-0.25, -0.2) is 0 Å². The van der Waals surface area contributed by atoms with Gasteiger partial charge < -0.3 is 5.32 Å². The number of carbonyl (C=O) groups excluding carboxylic acids is 1. The van der Waals surface area contributed by atoms with Gasteiger partial charge in [-0.3, -0.25) is 9.78 Å². The number of para-hydroxylation sites is 1. The summed E-state index contributed by atoms with van der Waals surface area (Å²) in [4.78, 5) is 16.0. The molecule has 0 saturated heterocycles. The highest BCUT2D eigenvalue weighted by Gasteiger charge is 2.03. The fourth-order valence-electron chi connectivity index (χ4n) is 1.84. The van der Waals surface area contributed by atoms with E-state index in [9.17, 15) is 4.79 Å². The van der Waals surface area contributed by atoms with Crippen LogP contribution in [0.5, 0.6) is 0 Å². The minimum Gasteiger partial charge on any atom is -0.356 e. The van der Waals surface area contributed by atoms with Crippen molar-refractivity contribution < 1.29 is 4.79 Å². The summed E-state index contributed by atoms with van der Waals surface area (Å²) < 4.78 is 0. The molecule has 18 heavy (non-hydrogen) atoms. The highest BCUT2D eigenvalue weighted by molar-refractivity contribution is 5.79. The number of aromatic nitrogens is 1. The van der Waals surface area contributed by atoms with Crippen LogP contribution in [-0.2, 0) is 11.2 Å². The number of aryl methyl sites for hydroxylation is 1. The van der Waals surface area contributed by atoms with Gasteiger partial charge in [-0.05, 0) is 25.0 Å². The fraction of sp³-hybridized carbons (Fsp3) is 0.333. The summed E-state index contributed by atoms with van der Waals surface area (Å²) in [7, 11) is 0. The highest BCUT2D eigenvalue weighted by atomic mass is 16.1. The lowest BCUT2D eigenvalue weighted by Gasteiger charge is -2.04. The molecular weight excluding hydrogens is 224 g/mol. The minimum atomic E-state index is 0.104. The van der Waals surface area contributed by atoms with E-state index in [1.54, 1.807) is 0 Å². The van der Waals surface area contributed by atoms with Crippen molar-refractivity contribution in [1.29, 1.82) is 0 Å². The van der Waals surface area contributed by atoms with E-state index in [0.717, 1.165) is 29.6 Å². The van der Waals surface area contributed by atoms with Crippen LogP contribution in [0.15, 0.2) is 36.4 Å². The van der Waals surface area contributed by atoms with Gasteiger partial charge in [0, 0.05) is 24.0 Å². The quantitative estimate of drug-likeness (QED) is 0.876. The molecule has 2 rings (SSSR count). The Bertz CT molecular complexity index is 537. The molecule has 1 aromatic carbocycles. The molecule has 0 spiro atoms. The van der Waals surface area contributed by atoms with Crippen LogP contribution >= 0.6 is 0 Å². The molecule has 3 nitrogen and oxygen atoms in total. The normalized spacial score (nSPS) is 10.5. The number of hydrogen-bond donors (Lipinski definition) is 1. The second kappa shape index (κ2) is 6.15. The van der Waals surface area contributed by atoms with Gasteiger partial charge in [0.1, 0.15) is 0 Å². The maximum absolute atomic E-state index is 11.5. The molecule has 2 aromatic rings. The number of amides is 1. The van der Waals surface area contributed by atoms with Crippen molar-refractivity contribution in [3.63, 3.8) is 0 Å². The number of benzene rings is 1. The molecule has 0 aliphatic rings. The van der Waals surface area contributed by atoms with Gasteiger partial charge in [-0.1, -0.05) is 31.2 Å². The van der Waals surface area contributed by atoms with Gasteiger partial charge in [0.15, 0.2) is 0 Å². The van der Waals surface area contributed by atoms with Crippen LogP contribution in [0.2, 0.25) is 0 Å². The van der Waals surface area contributed by atoms with Crippen LogP contribution < -0.4 is 5.32 Å². The summed E-state index contributed by atoms with van der Waals surface area (Å²) in [6.07, 6.45) is 2.17. The molecule has 94 valence electrons. The molecule has 0 unspecified atom stereocenters. The molecule has 3 heteroatoms. The van der Waals surface area contributed by atoms with Crippen LogP contribution in [0.1, 0.15) is 25.5 Å². The second-order valence-electron chi connectivity index (χ2n) is 4.35. The van der Waals surface area contributed by atoms with E-state index in [1.165, 1.54) is 0 Å². The Morgan fingerprint density at radius 2 is 2.06 bits per heavy atom. The number of rotatable bonds is 5. The van der Waals surface area contributed by atoms with Crippen LogP contribution in [-0.4, -0.2) is 17.4 Å². The Balaban J connectivity index is 1.97. The molecule has 1 N–H and O–H groups in total. The monoisotopic (exact) mass is 242 g/mol. The Hall–Kier alpha value is -1.90. The standard InChI is InChI=1S/C15H18N2O/c1-2-11-16-15(18)10-9-13-8-7-12-5-3-4-6-14(12)17-13/h3-8H,2,9-11H2,1H3,(H,16,18). The molecule has 0 fully saturated rings. The first kappa shape index (κ1) is 12.6. The summed E-state index contributed by atoms with van der Waals surface area (Å²) in [5.74, 6) is 0.104. The molecule has 0 saturated carbocycles. The summed E-state index contributed by atoms with van der Waals surface area (Å²) in [6, 6.07) is 12.1. The maximum atomic E-state index is 11.5. The lowest BCUT2D eigenvalue weighted by Crippen LogP contribution is -2.24. The van der Waals surface area contributed by atoms with Crippen LogP contribution in [0, 0.1) is 0 Å². The third kappa shape index (κ3) is 3.29. The first-order valence-corrected chi connectivity index (χ1v) is 6.41. The fourth-order valence-corrected chi connectivity index (χ4v) is 1.84. The van der Waals surface area contributed by atoms with Gasteiger partial charge in [-0.2, -0.15) is 0 Å². The Morgan fingerprint density at radius 3 is 2.89 bits per heavy atom. The lowest BCUT2D eigenvalue weighted by molar-refractivity contribution is -0.121. The maximum Gasteiger partial charge on any atom is 0.220 e. The topological polar surface area (TPSA) is 42.0 Å². The van der Waals surface area contributed by atoms with E-state index < -0.39 is 0 Å². The molecule has 0 bridgehead atoms. The predicted molar refractivity (Wildman–Crippen MR) is 73.4 cm³/mol. The summed E-state index contributed by atoms with van der Waals surface area (Å²) >= 11 is 0. The number of fused-ring (bicyclic) bond motifs is 1. The van der Waals surface area contributed by atoms with Crippen LogP contribution in [0.3, 0.4) is 0 Å². The molecule has 1 amide bonds. The van der Waals surface area contributed by atoms with E-state index in [0.29, 0.717) is 12.8 Å². The van der Waals surface area contributed by atoms with Crippen molar-refractivity contribution in [3.05, 3.63) is 42.1 Å². The molecule has 1 heterocycles. The molecule has 0 aliphatic heterocycles. The van der Waals surface area contributed by atoms with Gasteiger partial charge >= 0.3 is 0 Å². The zero-order valence-corrected chi connectivity index (χ0v) is 10.6. The Labute approximate surface area is 107 Å². The lowest BCUT2D eigenvalue weighted by atomic mass is 10.1. The minimum absolute atomic E-state index is 0.104. The van der Waals surface area contributed by atoms with E-state index in [4.69, 9.17) is 0 Å². The van der Waals surface area contributed by atoms with Crippen molar-refractivity contribution in [2.24, 2.45) is 0 Å². The van der Waals surface area contributed by atoms with Crippen LogP contribution in [0.4, 0.5) is 0 Å². The highest BCUT2D eigenvalue weighted by Crippen LogP contribution is 2.12. The van der Waals surface area contributed by atoms with E-state index in [-0.39, 0.29) is 5.91 Å². The van der Waals surface area contributed by atoms with Crippen molar-refractivity contribution in [1.82, 2.24) is 10.3 Å². The Kier molecular flexibility index (Phi) is 4.29. The molecule has 0 radical (unpaired) electrons. The molecule has 0 aliphatic carbocycles. The third-order valence-corrected chi connectivity index (χ3v) is 2.84. The first-order valence-electron chi connectivity index (χ1n) is 6.41. The van der Waals surface area contributed by atoms with Crippen molar-refractivity contribution in [2.75, 3.05) is 6.54 Å². The average Bonchev–Trinajstić information content (AvgIpc) is 2.42. The van der Waals surface area contributed by atoms with Crippen molar-refractivity contribution >= 4 is 16.8 Å². The van der Waals surface area contributed by atoms with E-state index in [1.807, 2.05) is 37.3 Å². The molecular formula is C15H18N2O. The number of nitrogens with one attached hydrogen (secondary N) is 1. The zero-order chi connectivity index (χ0) is 12.8. The second-order valence-corrected chi connectivity index (χ2v) is 4.35. The van der Waals surface area contributed by atoms with E-state index >= 15 is 0 Å². The summed E-state index contributed by atoms with van der Waals surface area (Å²) in [5, 5.41) is 4.01. The Morgan fingerprint density at radius 1 is 1.22 bits per heavy atom. The molecule has 0 atom stereocenters.